The van der Waals surface area contributed by atoms with E-state index in [4.69, 9.17) is 40.4 Å². The van der Waals surface area contributed by atoms with Crippen molar-refractivity contribution in [2.75, 3.05) is 22.5 Å². The zero-order valence-electron chi connectivity index (χ0n) is 20.1. The summed E-state index contributed by atoms with van der Waals surface area (Å²) in [4.78, 5) is 33.6. The maximum Gasteiger partial charge on any atom is 0.522 e. The van der Waals surface area contributed by atoms with Crippen LogP contribution in [0.2, 0.25) is 10.0 Å². The highest BCUT2D eigenvalue weighted by Gasteiger charge is 2.11. The molecule has 0 radical (unpaired) electrons. The third-order valence-electron chi connectivity index (χ3n) is 4.79. The molecule has 0 aliphatic carbocycles. The van der Waals surface area contributed by atoms with E-state index >= 15 is 0 Å². The lowest BCUT2D eigenvalue weighted by atomic mass is 10.2. The summed E-state index contributed by atoms with van der Waals surface area (Å²) in [6, 6.07) is 22.6. The minimum absolute atomic E-state index is 0.133. The highest BCUT2D eigenvalue weighted by Crippen LogP contribution is 2.23. The van der Waals surface area contributed by atoms with Crippen molar-refractivity contribution in [3.05, 3.63) is 122 Å². The van der Waals surface area contributed by atoms with E-state index in [0.717, 1.165) is 0 Å². The Morgan fingerprint density at radius 2 is 1.33 bits per heavy atom. The first-order valence-corrected chi connectivity index (χ1v) is 11.8. The Bertz CT molecular complexity index is 1720. The molecule has 0 aliphatic rings. The fourth-order valence-corrected chi connectivity index (χ4v) is 3.39. The summed E-state index contributed by atoms with van der Waals surface area (Å²) < 4.78 is 8.83. The Hall–Kier alpha value is -4.93. The van der Waals surface area contributed by atoms with Crippen molar-refractivity contribution in [1.82, 2.24) is 0 Å². The first-order chi connectivity index (χ1) is 18.5. The van der Waals surface area contributed by atoms with Crippen molar-refractivity contribution in [2.24, 2.45) is 0 Å². The summed E-state index contributed by atoms with van der Waals surface area (Å²) in [5, 5.41) is 13.2. The van der Waals surface area contributed by atoms with Crippen LogP contribution in [-0.4, -0.2) is 11.0 Å². The topological polar surface area (TPSA) is 188 Å². The largest absolute Gasteiger partial charge is 0.522 e. The number of anilines is 4. The molecule has 1 heterocycles. The average molecular weight is 569 g/mol. The van der Waals surface area contributed by atoms with Crippen molar-refractivity contribution in [3.8, 4) is 5.75 Å². The maximum atomic E-state index is 11.9. The molecule has 200 valence electrons. The summed E-state index contributed by atoms with van der Waals surface area (Å²) in [5.41, 5.74) is 18.5. The Morgan fingerprint density at radius 1 is 0.744 bits per heavy atom. The SMILES string of the molecule is Nc1cccc(N)c1.Nc1cccc(NC(=O)c2ccc(Cl)cc2O)c1.O=c1oc(=O)c2ccc(Cl)cc2o1. The van der Waals surface area contributed by atoms with E-state index in [0.29, 0.717) is 32.8 Å². The molecule has 10 nitrogen and oxygen atoms in total. The fourth-order valence-electron chi connectivity index (χ4n) is 3.06. The summed E-state index contributed by atoms with van der Waals surface area (Å²) >= 11 is 11.3. The molecule has 0 spiro atoms. The maximum absolute atomic E-state index is 11.9. The molecule has 1 amide bonds. The fraction of sp³-hybridized carbons (Fsp3) is 0. The van der Waals surface area contributed by atoms with Crippen molar-refractivity contribution < 1.29 is 18.7 Å². The number of nitrogens with one attached hydrogen (secondary N) is 1. The van der Waals surface area contributed by atoms with Gasteiger partial charge in [-0.1, -0.05) is 35.3 Å². The molecule has 0 bridgehead atoms. The number of hydrogen-bond donors (Lipinski definition) is 5. The van der Waals surface area contributed by atoms with Crippen LogP contribution >= 0.6 is 23.2 Å². The molecule has 4 aromatic carbocycles. The Balaban J connectivity index is 0.000000174. The van der Waals surface area contributed by atoms with Crippen LogP contribution in [0.5, 0.6) is 5.75 Å². The number of nitrogen functional groups attached to an aromatic ring is 3. The van der Waals surface area contributed by atoms with Crippen LogP contribution in [0.3, 0.4) is 0 Å². The van der Waals surface area contributed by atoms with Crippen LogP contribution in [0, 0.1) is 0 Å². The second-order valence-corrected chi connectivity index (χ2v) is 8.67. The molecule has 8 N–H and O–H groups in total. The van der Waals surface area contributed by atoms with Gasteiger partial charge in [-0.15, -0.1) is 0 Å². The van der Waals surface area contributed by atoms with E-state index < -0.39 is 17.4 Å². The third-order valence-corrected chi connectivity index (χ3v) is 5.26. The van der Waals surface area contributed by atoms with Crippen LogP contribution in [0.15, 0.2) is 103 Å². The van der Waals surface area contributed by atoms with Gasteiger partial charge in [0.1, 0.15) is 11.1 Å². The number of aromatic hydroxyl groups is 1. The number of nitrogens with two attached hydrogens (primary N) is 3. The molecule has 0 saturated carbocycles. The van der Waals surface area contributed by atoms with Crippen LogP contribution in [0.4, 0.5) is 22.7 Å². The van der Waals surface area contributed by atoms with Gasteiger partial charge in [-0.3, -0.25) is 4.79 Å². The predicted molar refractivity (Wildman–Crippen MR) is 153 cm³/mol. The third kappa shape index (κ3) is 8.56. The molecular weight excluding hydrogens is 547 g/mol. The number of hydrogen-bond acceptors (Lipinski definition) is 9. The molecule has 0 fully saturated rings. The van der Waals surface area contributed by atoms with Gasteiger partial charge in [0.05, 0.1) is 5.56 Å². The Kier molecular flexibility index (Phi) is 9.58. The van der Waals surface area contributed by atoms with Gasteiger partial charge in [0.2, 0.25) is 0 Å². The van der Waals surface area contributed by atoms with Gasteiger partial charge in [0.25, 0.3) is 5.91 Å². The van der Waals surface area contributed by atoms with E-state index in [2.05, 4.69) is 14.2 Å². The highest BCUT2D eigenvalue weighted by molar-refractivity contribution is 6.31. The molecule has 0 saturated heterocycles. The average Bonchev–Trinajstić information content (AvgIpc) is 2.84. The summed E-state index contributed by atoms with van der Waals surface area (Å²) in [6.07, 6.45) is 0. The number of benzene rings is 4. The second-order valence-electron chi connectivity index (χ2n) is 7.79. The van der Waals surface area contributed by atoms with Crippen molar-refractivity contribution in [2.45, 2.75) is 0 Å². The molecule has 0 aliphatic heterocycles. The van der Waals surface area contributed by atoms with E-state index in [9.17, 15) is 19.5 Å². The van der Waals surface area contributed by atoms with Gasteiger partial charge in [-0.25, -0.2) is 9.59 Å². The molecular formula is C27H22Cl2N4O6. The number of rotatable bonds is 2. The number of amides is 1. The van der Waals surface area contributed by atoms with Gasteiger partial charge in [0.15, 0.2) is 5.58 Å². The minimum atomic E-state index is -1.03. The quantitative estimate of drug-likeness (QED) is 0.180. The van der Waals surface area contributed by atoms with Gasteiger partial charge in [0, 0.05) is 38.9 Å². The lowest BCUT2D eigenvalue weighted by molar-refractivity contribution is 0.102. The molecule has 0 unspecified atom stereocenters. The number of phenols is 1. The van der Waals surface area contributed by atoms with Crippen LogP contribution in [0.1, 0.15) is 10.4 Å². The lowest BCUT2D eigenvalue weighted by Crippen LogP contribution is -2.12. The Morgan fingerprint density at radius 3 is 1.92 bits per heavy atom. The van der Waals surface area contributed by atoms with E-state index in [1.165, 1.54) is 36.4 Å². The molecule has 12 heteroatoms. The number of carbonyl (C=O) groups is 1. The smallest absolute Gasteiger partial charge is 0.507 e. The predicted octanol–water partition coefficient (Wildman–Crippen LogP) is 5.13. The monoisotopic (exact) mass is 568 g/mol. The molecule has 1 aromatic heterocycles. The van der Waals surface area contributed by atoms with E-state index in [1.54, 1.807) is 42.5 Å². The van der Waals surface area contributed by atoms with Crippen LogP contribution in [0.25, 0.3) is 11.0 Å². The number of phenolic OH excluding ortho intramolecular Hbond substituents is 1. The lowest BCUT2D eigenvalue weighted by Gasteiger charge is -2.07. The van der Waals surface area contributed by atoms with Crippen molar-refractivity contribution >= 4 is 62.8 Å². The first-order valence-electron chi connectivity index (χ1n) is 11.0. The minimum Gasteiger partial charge on any atom is -0.507 e. The zero-order valence-corrected chi connectivity index (χ0v) is 21.6. The number of fused-ring (bicyclic) bond motifs is 1. The Labute approximate surface area is 231 Å². The normalized spacial score (nSPS) is 10.0. The standard InChI is InChI=1S/C13H11ClN2O2.C8H3ClO4.C6H8N2/c14-8-4-5-11(12(17)6-8)13(18)16-10-3-1-2-9(15)7-10;9-4-1-2-5-6(3-4)12-8(11)13-7(5)10;7-5-2-1-3-6(8)4-5/h1-7,17H,15H2,(H,16,18);1-3H;1-4H,7-8H2. The van der Waals surface area contributed by atoms with Gasteiger partial charge < -0.3 is 36.5 Å². The van der Waals surface area contributed by atoms with Gasteiger partial charge >= 0.3 is 11.4 Å². The zero-order chi connectivity index (χ0) is 28.5. The number of halogens is 2. The van der Waals surface area contributed by atoms with Crippen molar-refractivity contribution in [1.29, 1.82) is 0 Å². The number of carbonyl (C=O) groups excluding carboxylic acids is 1. The van der Waals surface area contributed by atoms with Gasteiger partial charge in [-0.05, 0) is 66.7 Å². The highest BCUT2D eigenvalue weighted by atomic mass is 35.5. The molecule has 0 atom stereocenters. The summed E-state index contributed by atoms with van der Waals surface area (Å²) in [6.45, 7) is 0. The van der Waals surface area contributed by atoms with E-state index in [-0.39, 0.29) is 22.3 Å². The summed E-state index contributed by atoms with van der Waals surface area (Å²) in [5.74, 6) is -1.61. The summed E-state index contributed by atoms with van der Waals surface area (Å²) in [7, 11) is 0. The molecule has 5 rings (SSSR count). The van der Waals surface area contributed by atoms with Crippen molar-refractivity contribution in [3.63, 3.8) is 0 Å². The second kappa shape index (κ2) is 13.0. The molecule has 39 heavy (non-hydrogen) atoms. The van der Waals surface area contributed by atoms with E-state index in [1.807, 2.05) is 6.07 Å². The van der Waals surface area contributed by atoms with Crippen LogP contribution in [-0.2, 0) is 0 Å². The van der Waals surface area contributed by atoms with Crippen LogP contribution < -0.4 is 34.0 Å². The van der Waals surface area contributed by atoms with Gasteiger partial charge in [-0.2, -0.15) is 0 Å². The molecule has 5 aromatic rings. The first kappa shape index (κ1) is 28.6.